The number of likely N-dealkylation sites (N-methyl/N-ethyl adjacent to an activating group) is 1. The summed E-state index contributed by atoms with van der Waals surface area (Å²) < 4.78 is 13.0. The molecule has 4 heteroatoms. The van der Waals surface area contributed by atoms with Gasteiger partial charge in [0.05, 0.1) is 6.42 Å². The average molecular weight is 239 g/mol. The van der Waals surface area contributed by atoms with Crippen LogP contribution in [0.2, 0.25) is 0 Å². The Morgan fingerprint density at radius 3 is 2.82 bits per heavy atom. The third kappa shape index (κ3) is 4.95. The standard InChI is InChI=1S/C13H18FNO2/c1-10(15(2)7-6-13(16)17)8-11-4-3-5-12(14)9-11/h3-5,9-10H,6-8H2,1-2H3,(H,16,17). The summed E-state index contributed by atoms with van der Waals surface area (Å²) in [5.41, 5.74) is 0.930. The first-order valence-electron chi connectivity index (χ1n) is 5.65. The van der Waals surface area contributed by atoms with Gasteiger partial charge in [-0.3, -0.25) is 4.79 Å². The second-order valence-corrected chi connectivity index (χ2v) is 4.31. The second-order valence-electron chi connectivity index (χ2n) is 4.31. The largest absolute Gasteiger partial charge is 0.481 e. The van der Waals surface area contributed by atoms with Crippen LogP contribution >= 0.6 is 0 Å². The number of benzene rings is 1. The van der Waals surface area contributed by atoms with Crippen LogP contribution in [0.25, 0.3) is 0 Å². The lowest BCUT2D eigenvalue weighted by atomic mass is 10.1. The lowest BCUT2D eigenvalue weighted by Crippen LogP contribution is -2.32. The van der Waals surface area contributed by atoms with Gasteiger partial charge in [0, 0.05) is 12.6 Å². The van der Waals surface area contributed by atoms with Gasteiger partial charge in [0.2, 0.25) is 0 Å². The Morgan fingerprint density at radius 1 is 1.53 bits per heavy atom. The van der Waals surface area contributed by atoms with Crippen LogP contribution in [0.4, 0.5) is 4.39 Å². The summed E-state index contributed by atoms with van der Waals surface area (Å²) in [4.78, 5) is 12.4. The zero-order valence-corrected chi connectivity index (χ0v) is 10.2. The van der Waals surface area contributed by atoms with E-state index in [-0.39, 0.29) is 18.3 Å². The summed E-state index contributed by atoms with van der Waals surface area (Å²) in [5, 5.41) is 8.59. The lowest BCUT2D eigenvalue weighted by molar-refractivity contribution is -0.137. The van der Waals surface area contributed by atoms with E-state index in [9.17, 15) is 9.18 Å². The van der Waals surface area contributed by atoms with Gasteiger partial charge < -0.3 is 10.0 Å². The topological polar surface area (TPSA) is 40.5 Å². The molecule has 1 unspecified atom stereocenters. The minimum absolute atomic E-state index is 0.129. The van der Waals surface area contributed by atoms with E-state index in [1.54, 1.807) is 6.07 Å². The third-order valence-corrected chi connectivity index (χ3v) is 2.85. The van der Waals surface area contributed by atoms with Gasteiger partial charge in [-0.1, -0.05) is 12.1 Å². The molecule has 0 amide bonds. The van der Waals surface area contributed by atoms with E-state index in [0.29, 0.717) is 13.0 Å². The van der Waals surface area contributed by atoms with E-state index >= 15 is 0 Å². The van der Waals surface area contributed by atoms with Crippen LogP contribution in [0.3, 0.4) is 0 Å². The minimum atomic E-state index is -0.796. The normalized spacial score (nSPS) is 12.7. The van der Waals surface area contributed by atoms with Crippen molar-refractivity contribution in [2.75, 3.05) is 13.6 Å². The smallest absolute Gasteiger partial charge is 0.304 e. The van der Waals surface area contributed by atoms with Crippen molar-refractivity contribution in [3.63, 3.8) is 0 Å². The van der Waals surface area contributed by atoms with E-state index in [1.807, 2.05) is 24.9 Å². The lowest BCUT2D eigenvalue weighted by Gasteiger charge is -2.24. The molecule has 1 aromatic rings. The number of nitrogens with zero attached hydrogens (tertiary/aromatic N) is 1. The van der Waals surface area contributed by atoms with Crippen LogP contribution in [0.15, 0.2) is 24.3 Å². The quantitative estimate of drug-likeness (QED) is 0.827. The summed E-state index contributed by atoms with van der Waals surface area (Å²) in [5.74, 6) is -1.03. The summed E-state index contributed by atoms with van der Waals surface area (Å²) in [6.07, 6.45) is 0.845. The molecule has 0 saturated carbocycles. The monoisotopic (exact) mass is 239 g/mol. The molecule has 0 bridgehead atoms. The fourth-order valence-electron chi connectivity index (χ4n) is 1.65. The van der Waals surface area contributed by atoms with E-state index in [1.165, 1.54) is 12.1 Å². The van der Waals surface area contributed by atoms with Crippen LogP contribution in [0.5, 0.6) is 0 Å². The highest BCUT2D eigenvalue weighted by Crippen LogP contribution is 2.09. The molecule has 0 radical (unpaired) electrons. The SMILES string of the molecule is CC(Cc1cccc(F)c1)N(C)CCC(=O)O. The van der Waals surface area contributed by atoms with Crippen LogP contribution in [-0.2, 0) is 11.2 Å². The third-order valence-electron chi connectivity index (χ3n) is 2.85. The maximum Gasteiger partial charge on any atom is 0.304 e. The summed E-state index contributed by atoms with van der Waals surface area (Å²) in [7, 11) is 1.88. The van der Waals surface area contributed by atoms with Crippen molar-refractivity contribution in [1.82, 2.24) is 4.90 Å². The van der Waals surface area contributed by atoms with Gasteiger partial charge in [-0.25, -0.2) is 4.39 Å². The maximum absolute atomic E-state index is 13.0. The highest BCUT2D eigenvalue weighted by molar-refractivity contribution is 5.66. The van der Waals surface area contributed by atoms with Crippen LogP contribution < -0.4 is 0 Å². The first-order valence-corrected chi connectivity index (χ1v) is 5.65. The van der Waals surface area contributed by atoms with Crippen molar-refractivity contribution in [1.29, 1.82) is 0 Å². The molecule has 1 aromatic carbocycles. The van der Waals surface area contributed by atoms with Crippen molar-refractivity contribution in [2.24, 2.45) is 0 Å². The summed E-state index contributed by atoms with van der Waals surface area (Å²) in [6.45, 7) is 2.51. The number of hydrogen-bond acceptors (Lipinski definition) is 2. The highest BCUT2D eigenvalue weighted by atomic mass is 19.1. The molecule has 1 rings (SSSR count). The van der Waals surface area contributed by atoms with E-state index < -0.39 is 5.97 Å². The van der Waals surface area contributed by atoms with Gasteiger partial charge in [0.25, 0.3) is 0 Å². The van der Waals surface area contributed by atoms with Crippen molar-refractivity contribution < 1.29 is 14.3 Å². The Bertz CT molecular complexity index is 381. The molecular weight excluding hydrogens is 221 g/mol. The average Bonchev–Trinajstić information content (AvgIpc) is 2.25. The number of rotatable bonds is 6. The highest BCUT2D eigenvalue weighted by Gasteiger charge is 2.11. The Balaban J connectivity index is 2.48. The predicted octanol–water partition coefficient (Wildman–Crippen LogP) is 2.16. The molecular formula is C13H18FNO2. The number of carbonyl (C=O) groups is 1. The number of halogens is 1. The van der Waals surface area contributed by atoms with Crippen molar-refractivity contribution in [3.8, 4) is 0 Å². The second kappa shape index (κ2) is 6.35. The van der Waals surface area contributed by atoms with Gasteiger partial charge in [0.1, 0.15) is 5.82 Å². The van der Waals surface area contributed by atoms with E-state index in [2.05, 4.69) is 0 Å². The van der Waals surface area contributed by atoms with Gasteiger partial charge >= 0.3 is 5.97 Å². The molecule has 1 N–H and O–H groups in total. The number of carboxylic acid groups (broad SMARTS) is 1. The Hall–Kier alpha value is -1.42. The van der Waals surface area contributed by atoms with Gasteiger partial charge in [-0.05, 0) is 38.1 Å². The van der Waals surface area contributed by atoms with E-state index in [0.717, 1.165) is 5.56 Å². The summed E-state index contributed by atoms with van der Waals surface area (Å²) in [6, 6.07) is 6.69. The van der Waals surface area contributed by atoms with Crippen molar-refractivity contribution >= 4 is 5.97 Å². The van der Waals surface area contributed by atoms with Crippen molar-refractivity contribution in [3.05, 3.63) is 35.6 Å². The molecule has 0 aliphatic rings. The Kier molecular flexibility index (Phi) is 5.10. The molecule has 17 heavy (non-hydrogen) atoms. The fourth-order valence-corrected chi connectivity index (χ4v) is 1.65. The molecule has 0 aliphatic heterocycles. The van der Waals surface area contributed by atoms with Crippen LogP contribution in [0, 0.1) is 5.82 Å². The minimum Gasteiger partial charge on any atom is -0.481 e. The molecule has 0 fully saturated rings. The Morgan fingerprint density at radius 2 is 2.24 bits per heavy atom. The molecule has 94 valence electrons. The molecule has 0 aliphatic carbocycles. The zero-order valence-electron chi connectivity index (χ0n) is 10.2. The molecule has 3 nitrogen and oxygen atoms in total. The number of carboxylic acids is 1. The van der Waals surface area contributed by atoms with Crippen LogP contribution in [0.1, 0.15) is 18.9 Å². The molecule has 0 spiro atoms. The molecule has 0 aromatic heterocycles. The van der Waals surface area contributed by atoms with Gasteiger partial charge in [0.15, 0.2) is 0 Å². The molecule has 0 heterocycles. The number of hydrogen-bond donors (Lipinski definition) is 1. The van der Waals surface area contributed by atoms with Gasteiger partial charge in [-0.15, -0.1) is 0 Å². The molecule has 1 atom stereocenters. The maximum atomic E-state index is 13.0. The summed E-state index contributed by atoms with van der Waals surface area (Å²) >= 11 is 0. The van der Waals surface area contributed by atoms with Crippen molar-refractivity contribution in [2.45, 2.75) is 25.8 Å². The molecule has 0 saturated heterocycles. The number of aliphatic carboxylic acids is 1. The predicted molar refractivity (Wildman–Crippen MR) is 64.4 cm³/mol. The fraction of sp³-hybridized carbons (Fsp3) is 0.462. The first-order chi connectivity index (χ1) is 7.99. The Labute approximate surface area is 101 Å². The zero-order chi connectivity index (χ0) is 12.8. The van der Waals surface area contributed by atoms with Gasteiger partial charge in [-0.2, -0.15) is 0 Å². The van der Waals surface area contributed by atoms with Crippen LogP contribution in [-0.4, -0.2) is 35.6 Å². The first kappa shape index (κ1) is 13.6. The van der Waals surface area contributed by atoms with E-state index in [4.69, 9.17) is 5.11 Å².